The van der Waals surface area contributed by atoms with Gasteiger partial charge in [0.15, 0.2) is 17.3 Å². The fourth-order valence-electron chi connectivity index (χ4n) is 5.49. The topological polar surface area (TPSA) is 63.9 Å². The van der Waals surface area contributed by atoms with Gasteiger partial charge in [0, 0.05) is 16.0 Å². The van der Waals surface area contributed by atoms with E-state index >= 15 is 0 Å². The lowest BCUT2D eigenvalue weighted by Crippen LogP contribution is -2.37. The highest BCUT2D eigenvalue weighted by Gasteiger charge is 2.35. The van der Waals surface area contributed by atoms with E-state index in [2.05, 4.69) is 23.2 Å². The number of hydrogen-bond donors (Lipinski definition) is 1. The summed E-state index contributed by atoms with van der Waals surface area (Å²) >= 11 is 1.73. The fraction of sp³-hybridized carbons (Fsp3) is 0.464. The number of para-hydroxylation sites is 1. The van der Waals surface area contributed by atoms with E-state index in [-0.39, 0.29) is 11.9 Å². The number of amides is 1. The Labute approximate surface area is 211 Å². The molecule has 1 amide bonds. The van der Waals surface area contributed by atoms with Gasteiger partial charge in [-0.25, -0.2) is 0 Å². The number of hydrogen-bond acceptors (Lipinski definition) is 6. The third kappa shape index (κ3) is 4.71. The molecule has 1 atom stereocenters. The number of aryl methyl sites for hydroxylation is 1. The molecule has 6 nitrogen and oxygen atoms in total. The minimum Gasteiger partial charge on any atom is -0.493 e. The third-order valence-corrected chi connectivity index (χ3v) is 8.59. The molecule has 0 spiro atoms. The molecular weight excluding hydrogens is 460 g/mol. The highest BCUT2D eigenvalue weighted by atomic mass is 32.1. The minimum atomic E-state index is -0.210. The predicted octanol–water partition coefficient (Wildman–Crippen LogP) is 6.31. The monoisotopic (exact) mass is 494 g/mol. The van der Waals surface area contributed by atoms with Crippen LogP contribution in [0.5, 0.6) is 11.5 Å². The van der Waals surface area contributed by atoms with E-state index in [4.69, 9.17) is 13.9 Å². The number of piperidine rings is 1. The summed E-state index contributed by atoms with van der Waals surface area (Å²) < 4.78 is 17.0. The van der Waals surface area contributed by atoms with Crippen LogP contribution in [-0.4, -0.2) is 38.1 Å². The summed E-state index contributed by atoms with van der Waals surface area (Å²) in [5.41, 5.74) is 3.69. The van der Waals surface area contributed by atoms with Crippen molar-refractivity contribution in [2.24, 2.45) is 5.92 Å². The molecule has 0 saturated carbocycles. The molecule has 1 fully saturated rings. The summed E-state index contributed by atoms with van der Waals surface area (Å²) in [6.07, 6.45) is 8.29. The number of carbonyl (C=O) groups excluding carboxylic acids is 1. The van der Waals surface area contributed by atoms with Gasteiger partial charge < -0.3 is 19.2 Å². The van der Waals surface area contributed by atoms with Crippen molar-refractivity contribution in [3.8, 4) is 11.5 Å². The van der Waals surface area contributed by atoms with Crippen molar-refractivity contribution in [2.45, 2.75) is 51.5 Å². The molecule has 1 saturated heterocycles. The molecule has 1 N–H and O–H groups in total. The number of fused-ring (bicyclic) bond motifs is 1. The van der Waals surface area contributed by atoms with E-state index in [0.29, 0.717) is 11.7 Å². The summed E-state index contributed by atoms with van der Waals surface area (Å²) in [5, 5.41) is 4.14. The second kappa shape index (κ2) is 10.5. The molecule has 2 aromatic heterocycles. The highest BCUT2D eigenvalue weighted by molar-refractivity contribution is 7.16. The zero-order valence-corrected chi connectivity index (χ0v) is 21.6. The maximum atomic E-state index is 13.1. The lowest BCUT2D eigenvalue weighted by molar-refractivity contribution is 0.0996. The molecule has 5 rings (SSSR count). The van der Waals surface area contributed by atoms with Gasteiger partial charge in [-0.2, -0.15) is 0 Å². The largest absolute Gasteiger partial charge is 0.493 e. The Bertz CT molecular complexity index is 1160. The smallest absolute Gasteiger partial charge is 0.291 e. The van der Waals surface area contributed by atoms with Crippen LogP contribution in [0.2, 0.25) is 0 Å². The third-order valence-electron chi connectivity index (χ3n) is 7.37. The van der Waals surface area contributed by atoms with Gasteiger partial charge in [0.25, 0.3) is 5.91 Å². The second-order valence-electron chi connectivity index (χ2n) is 9.59. The quantitative estimate of drug-likeness (QED) is 0.417. The van der Waals surface area contributed by atoms with Crippen LogP contribution in [0.1, 0.15) is 70.8 Å². The Morgan fingerprint density at radius 1 is 1.11 bits per heavy atom. The zero-order chi connectivity index (χ0) is 24.4. The van der Waals surface area contributed by atoms with Crippen LogP contribution in [0.25, 0.3) is 0 Å². The van der Waals surface area contributed by atoms with Gasteiger partial charge in [0.1, 0.15) is 5.00 Å². The van der Waals surface area contributed by atoms with Crippen molar-refractivity contribution in [3.63, 3.8) is 0 Å². The number of likely N-dealkylation sites (tertiary alicyclic amines) is 1. The van der Waals surface area contributed by atoms with Crippen molar-refractivity contribution in [2.75, 3.05) is 32.6 Å². The summed E-state index contributed by atoms with van der Waals surface area (Å²) in [5.74, 6) is 2.32. The van der Waals surface area contributed by atoms with Crippen molar-refractivity contribution in [1.82, 2.24) is 4.90 Å². The number of furan rings is 1. The van der Waals surface area contributed by atoms with Crippen LogP contribution >= 0.6 is 11.3 Å². The summed E-state index contributed by atoms with van der Waals surface area (Å²) in [7, 11) is 3.39. The molecule has 35 heavy (non-hydrogen) atoms. The normalized spacial score (nSPS) is 17.6. The average molecular weight is 495 g/mol. The summed E-state index contributed by atoms with van der Waals surface area (Å²) in [4.78, 5) is 17.0. The molecule has 1 aliphatic heterocycles. The molecule has 1 aliphatic carbocycles. The van der Waals surface area contributed by atoms with Gasteiger partial charge in [-0.15, -0.1) is 11.3 Å². The Balaban J connectivity index is 1.66. The predicted molar refractivity (Wildman–Crippen MR) is 139 cm³/mol. The molecule has 0 unspecified atom stereocenters. The first-order valence-corrected chi connectivity index (χ1v) is 13.4. The van der Waals surface area contributed by atoms with Crippen LogP contribution in [0.4, 0.5) is 5.00 Å². The van der Waals surface area contributed by atoms with Gasteiger partial charge in [0.05, 0.1) is 26.5 Å². The van der Waals surface area contributed by atoms with Gasteiger partial charge in [-0.3, -0.25) is 9.69 Å². The standard InChI is InChI=1S/C28H34N2O4S/c1-18-13-15-30(16-14-18)25(20-9-6-10-21(32-2)26(20)33-3)24-19-8-4-5-12-23(19)35-28(24)29-27(31)22-11-7-17-34-22/h6-7,9-11,17-18,25H,4-5,8,12-16H2,1-3H3,(H,29,31)/t25-/m0/s1. The van der Waals surface area contributed by atoms with Crippen molar-refractivity contribution >= 4 is 22.2 Å². The molecule has 186 valence electrons. The van der Waals surface area contributed by atoms with Crippen LogP contribution in [0, 0.1) is 5.92 Å². The Morgan fingerprint density at radius 3 is 2.63 bits per heavy atom. The number of anilines is 1. The van der Waals surface area contributed by atoms with Crippen LogP contribution in [0.3, 0.4) is 0 Å². The number of ether oxygens (including phenoxy) is 2. The molecule has 2 aliphatic rings. The Morgan fingerprint density at radius 2 is 1.91 bits per heavy atom. The van der Waals surface area contributed by atoms with E-state index in [1.807, 2.05) is 12.1 Å². The zero-order valence-electron chi connectivity index (χ0n) is 20.8. The van der Waals surface area contributed by atoms with Crippen molar-refractivity contribution in [1.29, 1.82) is 0 Å². The molecule has 7 heteroatoms. The highest BCUT2D eigenvalue weighted by Crippen LogP contribution is 2.49. The molecule has 0 radical (unpaired) electrons. The Hall–Kier alpha value is -2.77. The van der Waals surface area contributed by atoms with Gasteiger partial charge >= 0.3 is 0 Å². The number of benzene rings is 1. The first-order chi connectivity index (χ1) is 17.1. The lowest BCUT2D eigenvalue weighted by Gasteiger charge is -2.38. The molecule has 3 heterocycles. The van der Waals surface area contributed by atoms with Gasteiger partial charge in [0.2, 0.25) is 0 Å². The van der Waals surface area contributed by atoms with Crippen LogP contribution < -0.4 is 14.8 Å². The number of nitrogens with one attached hydrogen (secondary N) is 1. The number of rotatable bonds is 7. The van der Waals surface area contributed by atoms with Crippen LogP contribution in [-0.2, 0) is 12.8 Å². The fourth-order valence-corrected chi connectivity index (χ4v) is 6.81. The first-order valence-electron chi connectivity index (χ1n) is 12.5. The molecule has 3 aromatic rings. The Kier molecular flexibility index (Phi) is 7.16. The van der Waals surface area contributed by atoms with Crippen LogP contribution in [0.15, 0.2) is 41.0 Å². The summed E-state index contributed by atoms with van der Waals surface area (Å²) in [6, 6.07) is 9.55. The molecule has 0 bridgehead atoms. The number of thiophene rings is 1. The number of carbonyl (C=O) groups is 1. The lowest BCUT2D eigenvalue weighted by atomic mass is 9.86. The maximum absolute atomic E-state index is 13.1. The number of nitrogens with zero attached hydrogens (tertiary/aromatic N) is 1. The maximum Gasteiger partial charge on any atom is 0.291 e. The van der Waals surface area contributed by atoms with E-state index in [9.17, 15) is 4.79 Å². The average Bonchev–Trinajstić information content (AvgIpc) is 3.54. The molecule has 1 aromatic carbocycles. The second-order valence-corrected chi connectivity index (χ2v) is 10.7. The SMILES string of the molecule is COc1cccc([C@@H](c2c(NC(=O)c3ccco3)sc3c2CCCC3)N2CCC(C)CC2)c1OC. The van der Waals surface area contributed by atoms with Crippen molar-refractivity contribution in [3.05, 3.63) is 63.9 Å². The molecular formula is C28H34N2O4S. The number of methoxy groups -OCH3 is 2. The minimum absolute atomic E-state index is 0.0300. The van der Waals surface area contributed by atoms with Gasteiger partial charge in [-0.1, -0.05) is 19.1 Å². The van der Waals surface area contributed by atoms with E-state index < -0.39 is 0 Å². The van der Waals surface area contributed by atoms with Crippen molar-refractivity contribution < 1.29 is 18.7 Å². The van der Waals surface area contributed by atoms with E-state index in [1.165, 1.54) is 35.1 Å². The summed E-state index contributed by atoms with van der Waals surface area (Å²) in [6.45, 7) is 4.34. The first kappa shape index (κ1) is 23.9. The van der Waals surface area contributed by atoms with Gasteiger partial charge in [-0.05, 0) is 81.3 Å². The van der Waals surface area contributed by atoms with E-state index in [0.717, 1.165) is 60.8 Å². The van der Waals surface area contributed by atoms with E-state index in [1.54, 1.807) is 37.7 Å².